The first-order chi connectivity index (χ1) is 16.4. The van der Waals surface area contributed by atoms with Gasteiger partial charge in [0.25, 0.3) is 0 Å². The molecule has 4 N–H and O–H groups in total. The highest BCUT2D eigenvalue weighted by atomic mass is 32.1. The molecule has 10 heteroatoms. The SMILES string of the molecule is COc1c(NC2CC(Nc3cc(C)ccn3)NC3NN(C)C(=O)C23)cccc1-c1ncc(C)s1. The van der Waals surface area contributed by atoms with Crippen molar-refractivity contribution in [3.63, 3.8) is 0 Å². The van der Waals surface area contributed by atoms with Crippen LogP contribution in [0.15, 0.2) is 42.7 Å². The number of piperidine rings is 1. The van der Waals surface area contributed by atoms with Gasteiger partial charge < -0.3 is 15.4 Å². The second-order valence-corrected chi connectivity index (χ2v) is 10.00. The molecule has 4 heterocycles. The van der Waals surface area contributed by atoms with Crippen LogP contribution >= 0.6 is 11.3 Å². The third kappa shape index (κ3) is 4.31. The van der Waals surface area contributed by atoms with E-state index in [0.717, 1.165) is 38.3 Å². The maximum Gasteiger partial charge on any atom is 0.244 e. The lowest BCUT2D eigenvalue weighted by Gasteiger charge is -2.39. The highest BCUT2D eigenvalue weighted by Crippen LogP contribution is 2.40. The number of methoxy groups -OCH3 is 1. The molecule has 2 aromatic heterocycles. The van der Waals surface area contributed by atoms with Crippen LogP contribution in [0.1, 0.15) is 16.9 Å². The fraction of sp³-hybridized carbons (Fsp3) is 0.375. The molecule has 0 spiro atoms. The van der Waals surface area contributed by atoms with Gasteiger partial charge in [-0.3, -0.25) is 15.1 Å². The number of aromatic nitrogens is 2. The molecule has 34 heavy (non-hydrogen) atoms. The molecule has 2 aliphatic heterocycles. The van der Waals surface area contributed by atoms with Gasteiger partial charge in [0.1, 0.15) is 10.8 Å². The Morgan fingerprint density at radius 1 is 1.21 bits per heavy atom. The van der Waals surface area contributed by atoms with E-state index in [9.17, 15) is 4.79 Å². The Balaban J connectivity index is 1.44. The van der Waals surface area contributed by atoms with E-state index in [0.29, 0.717) is 6.42 Å². The summed E-state index contributed by atoms with van der Waals surface area (Å²) in [6.07, 6.45) is 4.03. The van der Waals surface area contributed by atoms with Crippen molar-refractivity contribution in [3.8, 4) is 16.3 Å². The number of nitrogens with one attached hydrogen (secondary N) is 4. The number of carbonyl (C=O) groups is 1. The summed E-state index contributed by atoms with van der Waals surface area (Å²) in [6, 6.07) is 9.83. The van der Waals surface area contributed by atoms with Crippen LogP contribution in [-0.4, -0.2) is 53.4 Å². The minimum atomic E-state index is -0.274. The second kappa shape index (κ2) is 9.21. The summed E-state index contributed by atoms with van der Waals surface area (Å²) in [7, 11) is 3.43. The van der Waals surface area contributed by atoms with Gasteiger partial charge >= 0.3 is 0 Å². The van der Waals surface area contributed by atoms with Crippen LogP contribution in [0.25, 0.3) is 10.6 Å². The highest BCUT2D eigenvalue weighted by molar-refractivity contribution is 7.15. The smallest absolute Gasteiger partial charge is 0.244 e. The number of thiazole rings is 1. The number of anilines is 2. The lowest BCUT2D eigenvalue weighted by atomic mass is 9.88. The summed E-state index contributed by atoms with van der Waals surface area (Å²) in [5.41, 5.74) is 6.16. The first-order valence-electron chi connectivity index (χ1n) is 11.3. The third-order valence-electron chi connectivity index (χ3n) is 6.26. The predicted octanol–water partition coefficient (Wildman–Crippen LogP) is 2.96. The van der Waals surface area contributed by atoms with Crippen LogP contribution in [0.2, 0.25) is 0 Å². The van der Waals surface area contributed by atoms with Crippen LogP contribution in [0, 0.1) is 19.8 Å². The van der Waals surface area contributed by atoms with Crippen LogP contribution in [0.3, 0.4) is 0 Å². The van der Waals surface area contributed by atoms with Gasteiger partial charge in [-0.25, -0.2) is 15.4 Å². The Morgan fingerprint density at radius 2 is 2.06 bits per heavy atom. The number of nitrogens with zero attached hydrogens (tertiary/aromatic N) is 3. The molecule has 1 amide bonds. The Labute approximate surface area is 202 Å². The van der Waals surface area contributed by atoms with E-state index in [1.54, 1.807) is 36.7 Å². The van der Waals surface area contributed by atoms with Crippen molar-refractivity contribution in [2.45, 2.75) is 38.6 Å². The predicted molar refractivity (Wildman–Crippen MR) is 134 cm³/mol. The molecule has 0 bridgehead atoms. The summed E-state index contributed by atoms with van der Waals surface area (Å²) >= 11 is 1.63. The van der Waals surface area contributed by atoms with E-state index in [2.05, 4.69) is 31.3 Å². The minimum Gasteiger partial charge on any atom is -0.494 e. The van der Waals surface area contributed by atoms with Crippen LogP contribution in [0.5, 0.6) is 5.75 Å². The lowest BCUT2D eigenvalue weighted by Crippen LogP contribution is -2.60. The number of hydrogen-bond donors (Lipinski definition) is 4. The van der Waals surface area contributed by atoms with Crippen LogP contribution < -0.4 is 26.1 Å². The second-order valence-electron chi connectivity index (χ2n) is 8.76. The molecule has 0 saturated carbocycles. The standard InChI is InChI=1S/C24H29N7O2S/c1-13-8-9-25-18(10-13)28-19-11-17(20-22(29-19)30-31(3)24(20)32)27-16-7-5-6-15(21(16)33-4)23-26-12-14(2)34-23/h5-10,12,17,19-20,22,27,29-30H,11H2,1-4H3,(H,25,28). The van der Waals surface area contributed by atoms with E-state index in [-0.39, 0.29) is 30.2 Å². The number of hydrazine groups is 1. The molecule has 178 valence electrons. The number of aryl methyl sites for hydroxylation is 2. The number of pyridine rings is 1. The van der Waals surface area contributed by atoms with Gasteiger partial charge in [-0.1, -0.05) is 6.07 Å². The Hall–Kier alpha value is -3.21. The van der Waals surface area contributed by atoms with Crippen molar-refractivity contribution in [1.29, 1.82) is 0 Å². The maximum atomic E-state index is 13.0. The van der Waals surface area contributed by atoms with Gasteiger partial charge in [-0.2, -0.15) is 0 Å². The molecule has 5 rings (SSSR count). The maximum absolute atomic E-state index is 13.0. The number of rotatable bonds is 6. The van der Waals surface area contributed by atoms with Crippen LogP contribution in [-0.2, 0) is 4.79 Å². The fourth-order valence-corrected chi connectivity index (χ4v) is 5.50. The zero-order valence-electron chi connectivity index (χ0n) is 19.6. The lowest BCUT2D eigenvalue weighted by molar-refractivity contribution is -0.131. The molecule has 2 saturated heterocycles. The average Bonchev–Trinajstić information content (AvgIpc) is 3.36. The summed E-state index contributed by atoms with van der Waals surface area (Å²) in [5, 5.41) is 13.1. The molecule has 2 fully saturated rings. The van der Waals surface area contributed by atoms with E-state index in [4.69, 9.17) is 4.74 Å². The molecule has 2 aliphatic rings. The molecule has 0 radical (unpaired) electrons. The molecule has 0 aliphatic carbocycles. The average molecular weight is 480 g/mol. The van der Waals surface area contributed by atoms with Gasteiger partial charge in [-0.05, 0) is 43.7 Å². The van der Waals surface area contributed by atoms with Crippen molar-refractivity contribution in [2.75, 3.05) is 24.8 Å². The molecule has 3 aromatic rings. The molecule has 4 unspecified atom stereocenters. The summed E-state index contributed by atoms with van der Waals surface area (Å²) in [5.74, 6) is 1.30. The summed E-state index contributed by atoms with van der Waals surface area (Å²) in [4.78, 5) is 23.1. The first-order valence-corrected chi connectivity index (χ1v) is 12.1. The van der Waals surface area contributed by atoms with Crippen molar-refractivity contribution in [3.05, 3.63) is 53.2 Å². The fourth-order valence-electron chi connectivity index (χ4n) is 4.71. The largest absolute Gasteiger partial charge is 0.494 e. The van der Waals surface area contributed by atoms with E-state index < -0.39 is 0 Å². The zero-order valence-corrected chi connectivity index (χ0v) is 20.4. The topological polar surface area (TPSA) is 103 Å². The van der Waals surface area contributed by atoms with Gasteiger partial charge in [0.05, 0.1) is 36.6 Å². The van der Waals surface area contributed by atoms with Gasteiger partial charge in [-0.15, -0.1) is 11.3 Å². The normalized spacial score (nSPS) is 24.1. The van der Waals surface area contributed by atoms with Crippen molar-refractivity contribution in [1.82, 2.24) is 25.7 Å². The van der Waals surface area contributed by atoms with Crippen LogP contribution in [0.4, 0.5) is 11.5 Å². The van der Waals surface area contributed by atoms with Gasteiger partial charge in [0, 0.05) is 36.8 Å². The number of amides is 1. The van der Waals surface area contributed by atoms with Gasteiger partial charge in [0.15, 0.2) is 5.75 Å². The third-order valence-corrected chi connectivity index (χ3v) is 7.21. The molecule has 1 aromatic carbocycles. The summed E-state index contributed by atoms with van der Waals surface area (Å²) < 4.78 is 5.83. The Kier molecular flexibility index (Phi) is 6.11. The Bertz CT molecular complexity index is 1200. The number of ether oxygens (including phenoxy) is 1. The minimum absolute atomic E-state index is 0.0489. The molecule has 4 atom stereocenters. The number of benzene rings is 1. The van der Waals surface area contributed by atoms with Crippen molar-refractivity contribution >= 4 is 28.7 Å². The number of fused-ring (bicyclic) bond motifs is 1. The molecule has 9 nitrogen and oxygen atoms in total. The monoisotopic (exact) mass is 479 g/mol. The Morgan fingerprint density at radius 3 is 2.79 bits per heavy atom. The molecular formula is C24H29N7O2S. The molecular weight excluding hydrogens is 450 g/mol. The summed E-state index contributed by atoms with van der Waals surface area (Å²) in [6.45, 7) is 4.08. The first kappa shape index (κ1) is 22.6. The van der Waals surface area contributed by atoms with Crippen molar-refractivity contribution in [2.24, 2.45) is 5.92 Å². The van der Waals surface area contributed by atoms with E-state index >= 15 is 0 Å². The highest BCUT2D eigenvalue weighted by Gasteiger charge is 2.48. The van der Waals surface area contributed by atoms with Crippen molar-refractivity contribution < 1.29 is 9.53 Å². The number of para-hydroxylation sites is 1. The quantitative estimate of drug-likeness (QED) is 0.428. The zero-order chi connectivity index (χ0) is 23.8. The number of hydrogen-bond acceptors (Lipinski definition) is 9. The van der Waals surface area contributed by atoms with Gasteiger partial charge in [0.2, 0.25) is 5.91 Å². The van der Waals surface area contributed by atoms with E-state index in [1.807, 2.05) is 50.4 Å². The van der Waals surface area contributed by atoms with E-state index in [1.165, 1.54) is 0 Å². The number of carbonyl (C=O) groups excluding carboxylic acids is 1.